The van der Waals surface area contributed by atoms with Crippen LogP contribution >= 0.6 is 11.8 Å². The van der Waals surface area contributed by atoms with Crippen LogP contribution < -0.4 is 9.47 Å². The Bertz CT molecular complexity index is 573. The lowest BCUT2D eigenvalue weighted by molar-refractivity contribution is -0.137. The molecule has 1 fully saturated rings. The molecule has 0 radical (unpaired) electrons. The van der Waals surface area contributed by atoms with E-state index < -0.39 is 0 Å². The fourth-order valence-electron chi connectivity index (χ4n) is 3.19. The molecule has 1 saturated heterocycles. The highest BCUT2D eigenvalue weighted by molar-refractivity contribution is 7.99. The molecule has 3 rings (SSSR count). The van der Waals surface area contributed by atoms with Crippen molar-refractivity contribution in [2.45, 2.75) is 24.9 Å². The lowest BCUT2D eigenvalue weighted by atomic mass is 10.0. The van der Waals surface area contributed by atoms with Crippen LogP contribution in [0.2, 0.25) is 0 Å². The molecule has 1 amide bonds. The second-order valence-electron chi connectivity index (χ2n) is 6.27. The standard InChI is InChI=1S/C17H24N2O3S/c1-18(2)16(12-4-5-14-15(10-12)22-11-21-14)17(20)19(3)13-6-8-23-9-7-13/h4-5,10,13,16H,6-9,11H2,1-3H3. The van der Waals surface area contributed by atoms with E-state index in [-0.39, 0.29) is 18.7 Å². The summed E-state index contributed by atoms with van der Waals surface area (Å²) in [5, 5.41) is 0. The Labute approximate surface area is 141 Å². The maximum Gasteiger partial charge on any atom is 0.244 e. The summed E-state index contributed by atoms with van der Waals surface area (Å²) < 4.78 is 10.8. The zero-order valence-electron chi connectivity index (χ0n) is 13.9. The van der Waals surface area contributed by atoms with E-state index in [1.165, 1.54) is 0 Å². The molecule has 6 heteroatoms. The van der Waals surface area contributed by atoms with Crippen molar-refractivity contribution < 1.29 is 14.3 Å². The van der Waals surface area contributed by atoms with E-state index in [1.807, 2.05) is 60.9 Å². The lowest BCUT2D eigenvalue weighted by Gasteiger charge is -2.35. The summed E-state index contributed by atoms with van der Waals surface area (Å²) in [5.41, 5.74) is 0.946. The number of thioether (sulfide) groups is 1. The van der Waals surface area contributed by atoms with Gasteiger partial charge in [0, 0.05) is 13.1 Å². The highest BCUT2D eigenvalue weighted by Crippen LogP contribution is 2.36. The van der Waals surface area contributed by atoms with Crippen molar-refractivity contribution in [2.24, 2.45) is 0 Å². The van der Waals surface area contributed by atoms with Crippen LogP contribution in [0.5, 0.6) is 11.5 Å². The number of rotatable bonds is 4. The summed E-state index contributed by atoms with van der Waals surface area (Å²) in [5.74, 6) is 3.89. The van der Waals surface area contributed by atoms with Gasteiger partial charge in [0.2, 0.25) is 12.7 Å². The van der Waals surface area contributed by atoms with Crippen molar-refractivity contribution in [1.29, 1.82) is 0 Å². The van der Waals surface area contributed by atoms with Gasteiger partial charge in [-0.3, -0.25) is 9.69 Å². The van der Waals surface area contributed by atoms with Crippen LogP contribution in [0.25, 0.3) is 0 Å². The largest absolute Gasteiger partial charge is 0.454 e. The molecule has 0 saturated carbocycles. The van der Waals surface area contributed by atoms with E-state index >= 15 is 0 Å². The normalized spacial score (nSPS) is 19.0. The van der Waals surface area contributed by atoms with Gasteiger partial charge >= 0.3 is 0 Å². The van der Waals surface area contributed by atoms with Crippen LogP contribution in [0.4, 0.5) is 0 Å². The van der Waals surface area contributed by atoms with Gasteiger partial charge in [0.15, 0.2) is 11.5 Å². The predicted octanol–water partition coefficient (Wildman–Crippen LogP) is 2.37. The van der Waals surface area contributed by atoms with Gasteiger partial charge in [0.25, 0.3) is 0 Å². The Morgan fingerprint density at radius 1 is 1.17 bits per heavy atom. The van der Waals surface area contributed by atoms with Gasteiger partial charge in [0.1, 0.15) is 6.04 Å². The average Bonchev–Trinajstić information content (AvgIpc) is 3.02. The molecule has 126 valence electrons. The number of carbonyl (C=O) groups is 1. The van der Waals surface area contributed by atoms with Crippen LogP contribution in [-0.2, 0) is 4.79 Å². The topological polar surface area (TPSA) is 42.0 Å². The number of likely N-dealkylation sites (N-methyl/N-ethyl adjacent to an activating group) is 2. The number of amides is 1. The molecule has 23 heavy (non-hydrogen) atoms. The minimum Gasteiger partial charge on any atom is -0.454 e. The number of hydrogen-bond donors (Lipinski definition) is 0. The van der Waals surface area contributed by atoms with E-state index in [0.717, 1.165) is 41.4 Å². The number of nitrogens with zero attached hydrogens (tertiary/aromatic N) is 2. The summed E-state index contributed by atoms with van der Waals surface area (Å²) in [6.45, 7) is 0.249. The van der Waals surface area contributed by atoms with Crippen molar-refractivity contribution in [3.8, 4) is 11.5 Å². The van der Waals surface area contributed by atoms with Gasteiger partial charge in [-0.1, -0.05) is 6.07 Å². The van der Waals surface area contributed by atoms with Gasteiger partial charge in [-0.25, -0.2) is 0 Å². The lowest BCUT2D eigenvalue weighted by Crippen LogP contribution is -2.45. The molecule has 1 aromatic rings. The highest BCUT2D eigenvalue weighted by Gasteiger charge is 2.31. The number of fused-ring (bicyclic) bond motifs is 1. The first-order valence-electron chi connectivity index (χ1n) is 7.98. The van der Waals surface area contributed by atoms with Gasteiger partial charge in [-0.05, 0) is 56.1 Å². The van der Waals surface area contributed by atoms with E-state index in [4.69, 9.17) is 9.47 Å². The molecule has 0 N–H and O–H groups in total. The Balaban J connectivity index is 1.81. The fraction of sp³-hybridized carbons (Fsp3) is 0.588. The van der Waals surface area contributed by atoms with Gasteiger partial charge in [0.05, 0.1) is 0 Å². The molecule has 5 nitrogen and oxygen atoms in total. The molecule has 0 aliphatic carbocycles. The molecule has 0 spiro atoms. The van der Waals surface area contributed by atoms with E-state index in [2.05, 4.69) is 0 Å². The molecule has 0 aromatic heterocycles. The molecule has 2 aliphatic heterocycles. The highest BCUT2D eigenvalue weighted by atomic mass is 32.2. The Hall–Kier alpha value is -1.40. The molecule has 0 bridgehead atoms. The zero-order chi connectivity index (χ0) is 16.4. The van der Waals surface area contributed by atoms with Crippen LogP contribution in [0, 0.1) is 0 Å². The monoisotopic (exact) mass is 336 g/mol. The Morgan fingerprint density at radius 2 is 1.87 bits per heavy atom. The molecule has 1 aromatic carbocycles. The summed E-state index contributed by atoms with van der Waals surface area (Å²) >= 11 is 1.97. The third kappa shape index (κ3) is 3.43. The third-order valence-corrected chi connectivity index (χ3v) is 5.60. The van der Waals surface area contributed by atoms with Crippen molar-refractivity contribution >= 4 is 17.7 Å². The molecule has 2 aliphatic rings. The first-order valence-corrected chi connectivity index (χ1v) is 9.14. The maximum absolute atomic E-state index is 13.1. The van der Waals surface area contributed by atoms with Gasteiger partial charge in [-0.15, -0.1) is 0 Å². The zero-order valence-corrected chi connectivity index (χ0v) is 14.8. The average molecular weight is 336 g/mol. The number of carbonyl (C=O) groups excluding carboxylic acids is 1. The SMILES string of the molecule is CN(C)C(C(=O)N(C)C1CCSCC1)c1ccc2c(c1)OCO2. The van der Waals surface area contributed by atoms with Crippen molar-refractivity contribution in [3.63, 3.8) is 0 Å². The minimum atomic E-state index is -0.302. The minimum absolute atomic E-state index is 0.144. The van der Waals surface area contributed by atoms with Crippen molar-refractivity contribution in [2.75, 3.05) is 39.4 Å². The Morgan fingerprint density at radius 3 is 2.57 bits per heavy atom. The molecular formula is C17H24N2O3S. The molecule has 1 atom stereocenters. The van der Waals surface area contributed by atoms with Crippen LogP contribution in [0.1, 0.15) is 24.4 Å². The second kappa shape index (κ2) is 7.01. The number of benzene rings is 1. The van der Waals surface area contributed by atoms with Crippen LogP contribution in [0.3, 0.4) is 0 Å². The number of hydrogen-bond acceptors (Lipinski definition) is 5. The molecular weight excluding hydrogens is 312 g/mol. The van der Waals surface area contributed by atoms with Crippen molar-refractivity contribution in [3.05, 3.63) is 23.8 Å². The molecule has 1 unspecified atom stereocenters. The quantitative estimate of drug-likeness (QED) is 0.844. The third-order valence-electron chi connectivity index (χ3n) is 4.55. The van der Waals surface area contributed by atoms with Crippen molar-refractivity contribution in [1.82, 2.24) is 9.80 Å². The maximum atomic E-state index is 13.1. The summed E-state index contributed by atoms with van der Waals surface area (Å²) in [6.07, 6.45) is 2.16. The van der Waals surface area contributed by atoms with Gasteiger partial charge in [-0.2, -0.15) is 11.8 Å². The predicted molar refractivity (Wildman–Crippen MR) is 92.1 cm³/mol. The van der Waals surface area contributed by atoms with E-state index in [9.17, 15) is 4.79 Å². The fourth-order valence-corrected chi connectivity index (χ4v) is 4.27. The summed E-state index contributed by atoms with van der Waals surface area (Å²) in [7, 11) is 5.82. The van der Waals surface area contributed by atoms with E-state index in [0.29, 0.717) is 6.04 Å². The second-order valence-corrected chi connectivity index (χ2v) is 7.50. The smallest absolute Gasteiger partial charge is 0.244 e. The molecule has 2 heterocycles. The summed E-state index contributed by atoms with van der Waals surface area (Å²) in [6, 6.07) is 5.82. The van der Waals surface area contributed by atoms with Crippen LogP contribution in [0.15, 0.2) is 18.2 Å². The first-order chi connectivity index (χ1) is 11.1. The van der Waals surface area contributed by atoms with Gasteiger partial charge < -0.3 is 14.4 Å². The first kappa shape index (κ1) is 16.5. The Kier molecular flexibility index (Phi) is 5.02. The summed E-state index contributed by atoms with van der Waals surface area (Å²) in [4.78, 5) is 17.0. The number of ether oxygens (including phenoxy) is 2. The van der Waals surface area contributed by atoms with Crippen LogP contribution in [-0.4, -0.2) is 61.2 Å². The van der Waals surface area contributed by atoms with E-state index in [1.54, 1.807) is 0 Å².